The summed E-state index contributed by atoms with van der Waals surface area (Å²) in [6.07, 6.45) is 0.710. The number of likely N-dealkylation sites (tertiary alicyclic amines) is 1. The first-order chi connectivity index (χ1) is 17.4. The molecule has 36 heavy (non-hydrogen) atoms. The van der Waals surface area contributed by atoms with Gasteiger partial charge in [-0.05, 0) is 61.7 Å². The topological polar surface area (TPSA) is 88.5 Å². The summed E-state index contributed by atoms with van der Waals surface area (Å²) in [7, 11) is 1.57. The van der Waals surface area contributed by atoms with Gasteiger partial charge in [0.1, 0.15) is 17.3 Å². The summed E-state index contributed by atoms with van der Waals surface area (Å²) < 4.78 is 16.3. The van der Waals surface area contributed by atoms with E-state index in [1.807, 2.05) is 38.1 Å². The molecule has 0 aliphatic carbocycles. The number of ether oxygens (including phenoxy) is 3. The lowest BCUT2D eigenvalue weighted by Crippen LogP contribution is -2.38. The van der Waals surface area contributed by atoms with Crippen LogP contribution in [0.2, 0.25) is 0 Å². The molecule has 192 valence electrons. The number of morpholine rings is 1. The molecule has 2 heterocycles. The lowest BCUT2D eigenvalue weighted by molar-refractivity contribution is -0.140. The Balaban J connectivity index is 1.69. The van der Waals surface area contributed by atoms with E-state index in [0.29, 0.717) is 49.8 Å². The highest BCUT2D eigenvalue weighted by Gasteiger charge is 2.46. The van der Waals surface area contributed by atoms with Crippen molar-refractivity contribution in [2.75, 3.05) is 53.1 Å². The molecule has 0 radical (unpaired) electrons. The predicted molar refractivity (Wildman–Crippen MR) is 136 cm³/mol. The molecule has 2 aliphatic heterocycles. The molecule has 2 aromatic rings. The zero-order chi connectivity index (χ0) is 25.7. The Morgan fingerprint density at radius 3 is 2.39 bits per heavy atom. The van der Waals surface area contributed by atoms with Crippen LogP contribution < -0.4 is 9.47 Å². The standard InChI is InChI=1S/C28H34N2O6/c1-4-36-21-8-6-20(7-9-21)25-24(26(31)23-11-10-22(34-3)18-19(23)2)27(32)28(33)30(25)13-5-12-29-14-16-35-17-15-29/h6-11,18,25,31H,4-5,12-17H2,1-3H3. The van der Waals surface area contributed by atoms with E-state index in [2.05, 4.69) is 4.90 Å². The zero-order valence-electron chi connectivity index (χ0n) is 21.2. The van der Waals surface area contributed by atoms with Crippen molar-refractivity contribution in [2.45, 2.75) is 26.3 Å². The van der Waals surface area contributed by atoms with Crippen LogP contribution in [0.25, 0.3) is 5.76 Å². The fourth-order valence-electron chi connectivity index (χ4n) is 4.83. The first kappa shape index (κ1) is 25.7. The van der Waals surface area contributed by atoms with Crippen molar-refractivity contribution >= 4 is 17.4 Å². The summed E-state index contributed by atoms with van der Waals surface area (Å²) in [6, 6.07) is 11.9. The normalized spacial score (nSPS) is 20.1. The lowest BCUT2D eigenvalue weighted by Gasteiger charge is -2.29. The van der Waals surface area contributed by atoms with Crippen LogP contribution in [0.5, 0.6) is 11.5 Å². The molecule has 0 aromatic heterocycles. The van der Waals surface area contributed by atoms with E-state index >= 15 is 0 Å². The van der Waals surface area contributed by atoms with Crippen LogP contribution in [0.1, 0.15) is 36.1 Å². The van der Waals surface area contributed by atoms with Crippen molar-refractivity contribution in [1.29, 1.82) is 0 Å². The number of carbonyl (C=O) groups is 2. The molecule has 1 amide bonds. The molecule has 2 aromatic carbocycles. The summed E-state index contributed by atoms with van der Waals surface area (Å²) in [4.78, 5) is 30.4. The van der Waals surface area contributed by atoms with Crippen LogP contribution >= 0.6 is 0 Å². The van der Waals surface area contributed by atoms with E-state index in [4.69, 9.17) is 14.2 Å². The molecule has 0 spiro atoms. The molecular weight excluding hydrogens is 460 g/mol. The Morgan fingerprint density at radius 2 is 1.75 bits per heavy atom. The van der Waals surface area contributed by atoms with Gasteiger partial charge in [0, 0.05) is 31.7 Å². The maximum Gasteiger partial charge on any atom is 0.295 e. The van der Waals surface area contributed by atoms with Crippen LogP contribution in [-0.2, 0) is 14.3 Å². The number of aliphatic hydroxyl groups is 1. The van der Waals surface area contributed by atoms with Gasteiger partial charge in [0.25, 0.3) is 11.7 Å². The highest BCUT2D eigenvalue weighted by atomic mass is 16.5. The van der Waals surface area contributed by atoms with Crippen LogP contribution in [-0.4, -0.2) is 79.7 Å². The molecular formula is C28H34N2O6. The molecule has 2 fully saturated rings. The van der Waals surface area contributed by atoms with Crippen molar-refractivity contribution < 1.29 is 28.9 Å². The van der Waals surface area contributed by atoms with Gasteiger partial charge in [-0.1, -0.05) is 12.1 Å². The van der Waals surface area contributed by atoms with E-state index in [9.17, 15) is 14.7 Å². The largest absolute Gasteiger partial charge is 0.507 e. The average molecular weight is 495 g/mol. The van der Waals surface area contributed by atoms with Crippen LogP contribution in [0.3, 0.4) is 0 Å². The number of hydrogen-bond donors (Lipinski definition) is 1. The fraction of sp³-hybridized carbons (Fsp3) is 0.429. The monoisotopic (exact) mass is 494 g/mol. The van der Waals surface area contributed by atoms with Gasteiger partial charge in [0.2, 0.25) is 0 Å². The number of Topliss-reactive ketones (excluding diaryl/α,β-unsaturated/α-hetero) is 1. The Kier molecular flexibility index (Phi) is 8.28. The van der Waals surface area contributed by atoms with E-state index in [1.165, 1.54) is 0 Å². The van der Waals surface area contributed by atoms with Gasteiger partial charge in [-0.25, -0.2) is 0 Å². The van der Waals surface area contributed by atoms with Gasteiger partial charge in [-0.15, -0.1) is 0 Å². The molecule has 2 saturated heterocycles. The van der Waals surface area contributed by atoms with E-state index in [0.717, 1.165) is 30.8 Å². The third kappa shape index (κ3) is 5.39. The molecule has 1 N–H and O–H groups in total. The zero-order valence-corrected chi connectivity index (χ0v) is 21.2. The van der Waals surface area contributed by atoms with Crippen LogP contribution in [0, 0.1) is 6.92 Å². The number of rotatable bonds is 9. The molecule has 8 heteroatoms. The Morgan fingerprint density at radius 1 is 1.06 bits per heavy atom. The van der Waals surface area contributed by atoms with E-state index in [-0.39, 0.29) is 11.3 Å². The fourth-order valence-corrected chi connectivity index (χ4v) is 4.83. The second-order valence-electron chi connectivity index (χ2n) is 8.98. The molecule has 0 bridgehead atoms. The van der Waals surface area contributed by atoms with E-state index < -0.39 is 17.7 Å². The number of aliphatic hydroxyl groups excluding tert-OH is 1. The van der Waals surface area contributed by atoms with Crippen molar-refractivity contribution in [3.63, 3.8) is 0 Å². The Bertz CT molecular complexity index is 1120. The second-order valence-corrected chi connectivity index (χ2v) is 8.98. The van der Waals surface area contributed by atoms with Gasteiger partial charge in [0.05, 0.1) is 38.5 Å². The highest BCUT2D eigenvalue weighted by Crippen LogP contribution is 2.40. The number of benzene rings is 2. The first-order valence-electron chi connectivity index (χ1n) is 12.4. The van der Waals surface area contributed by atoms with Crippen molar-refractivity contribution in [2.24, 2.45) is 0 Å². The number of hydrogen-bond acceptors (Lipinski definition) is 7. The lowest BCUT2D eigenvalue weighted by atomic mass is 9.93. The number of methoxy groups -OCH3 is 1. The third-order valence-electron chi connectivity index (χ3n) is 6.71. The molecule has 1 unspecified atom stereocenters. The molecule has 4 rings (SSSR count). The summed E-state index contributed by atoms with van der Waals surface area (Å²) in [5, 5.41) is 11.4. The highest BCUT2D eigenvalue weighted by molar-refractivity contribution is 6.46. The van der Waals surface area contributed by atoms with Gasteiger partial charge in [-0.2, -0.15) is 0 Å². The van der Waals surface area contributed by atoms with Gasteiger partial charge >= 0.3 is 0 Å². The number of amides is 1. The van der Waals surface area contributed by atoms with Crippen LogP contribution in [0.4, 0.5) is 0 Å². The first-order valence-corrected chi connectivity index (χ1v) is 12.4. The Hall–Kier alpha value is -3.36. The Labute approximate surface area is 212 Å². The smallest absolute Gasteiger partial charge is 0.295 e. The van der Waals surface area contributed by atoms with Gasteiger partial charge in [-0.3, -0.25) is 14.5 Å². The molecule has 1 atom stereocenters. The van der Waals surface area contributed by atoms with Crippen molar-refractivity contribution in [3.8, 4) is 11.5 Å². The quantitative estimate of drug-likeness (QED) is 0.324. The summed E-state index contributed by atoms with van der Waals surface area (Å²) in [5.74, 6) is -0.0909. The van der Waals surface area contributed by atoms with Crippen molar-refractivity contribution in [1.82, 2.24) is 9.80 Å². The van der Waals surface area contributed by atoms with Gasteiger partial charge < -0.3 is 24.2 Å². The summed E-state index contributed by atoms with van der Waals surface area (Å²) in [6.45, 7) is 8.62. The molecule has 2 aliphatic rings. The minimum Gasteiger partial charge on any atom is -0.507 e. The second kappa shape index (κ2) is 11.6. The van der Waals surface area contributed by atoms with Crippen LogP contribution in [0.15, 0.2) is 48.0 Å². The number of ketones is 1. The van der Waals surface area contributed by atoms with Gasteiger partial charge in [0.15, 0.2) is 0 Å². The number of nitrogens with zero attached hydrogens (tertiary/aromatic N) is 2. The number of carbonyl (C=O) groups excluding carboxylic acids is 2. The predicted octanol–water partition coefficient (Wildman–Crippen LogP) is 3.55. The number of aryl methyl sites for hydroxylation is 1. The maximum absolute atomic E-state index is 13.3. The maximum atomic E-state index is 13.3. The van der Waals surface area contributed by atoms with Crippen molar-refractivity contribution in [3.05, 3.63) is 64.7 Å². The SMILES string of the molecule is CCOc1ccc(C2C(=C(O)c3ccc(OC)cc3C)C(=O)C(=O)N2CCCN2CCOCC2)cc1. The molecule has 8 nitrogen and oxygen atoms in total. The third-order valence-corrected chi connectivity index (χ3v) is 6.71. The minimum absolute atomic E-state index is 0.101. The summed E-state index contributed by atoms with van der Waals surface area (Å²) in [5.41, 5.74) is 2.09. The average Bonchev–Trinajstić information content (AvgIpc) is 3.14. The molecule has 0 saturated carbocycles. The van der Waals surface area contributed by atoms with E-state index in [1.54, 1.807) is 30.2 Å². The summed E-state index contributed by atoms with van der Waals surface area (Å²) >= 11 is 0. The minimum atomic E-state index is -0.688.